The molecule has 0 aliphatic heterocycles. The zero-order chi connectivity index (χ0) is 18.6. The van der Waals surface area contributed by atoms with Gasteiger partial charge in [-0.15, -0.1) is 0 Å². The van der Waals surface area contributed by atoms with Crippen LogP contribution in [-0.2, 0) is 5.41 Å². The molecule has 2 rings (SSSR count). The Balaban J connectivity index is 0.00000123. The molecule has 0 aliphatic carbocycles. The van der Waals surface area contributed by atoms with Crippen molar-refractivity contribution in [1.29, 1.82) is 0 Å². The minimum atomic E-state index is -0.0999. The van der Waals surface area contributed by atoms with Crippen LogP contribution in [0.5, 0.6) is 0 Å². The van der Waals surface area contributed by atoms with Crippen molar-refractivity contribution in [1.82, 2.24) is 0 Å². The highest BCUT2D eigenvalue weighted by molar-refractivity contribution is 5.48. The summed E-state index contributed by atoms with van der Waals surface area (Å²) < 4.78 is 0. The third-order valence-corrected chi connectivity index (χ3v) is 4.31. The quantitative estimate of drug-likeness (QED) is 0.495. The van der Waals surface area contributed by atoms with E-state index < -0.39 is 0 Å². The highest BCUT2D eigenvalue weighted by Crippen LogP contribution is 2.45. The SMILES string of the molecule is C=C(CC)C(c1ccccc1)(c1ccccc1)C(C)C.CC.CC. The molecular weight excluding hydrogens is 288 g/mol. The summed E-state index contributed by atoms with van der Waals surface area (Å²) in [5.74, 6) is 0.458. The van der Waals surface area contributed by atoms with E-state index in [0.29, 0.717) is 5.92 Å². The molecular formula is C24H36. The number of hydrogen-bond acceptors (Lipinski definition) is 0. The van der Waals surface area contributed by atoms with Crippen molar-refractivity contribution < 1.29 is 0 Å². The van der Waals surface area contributed by atoms with Gasteiger partial charge in [0.25, 0.3) is 0 Å². The normalized spacial score (nSPS) is 10.2. The zero-order valence-corrected chi connectivity index (χ0v) is 16.8. The van der Waals surface area contributed by atoms with E-state index in [4.69, 9.17) is 0 Å². The van der Waals surface area contributed by atoms with E-state index in [1.54, 1.807) is 0 Å². The molecule has 24 heavy (non-hydrogen) atoms. The summed E-state index contributed by atoms with van der Waals surface area (Å²) in [5.41, 5.74) is 3.86. The van der Waals surface area contributed by atoms with Crippen LogP contribution in [-0.4, -0.2) is 0 Å². The zero-order valence-electron chi connectivity index (χ0n) is 16.8. The topological polar surface area (TPSA) is 0 Å². The first kappa shape index (κ1) is 22.2. The third kappa shape index (κ3) is 4.60. The lowest BCUT2D eigenvalue weighted by molar-refractivity contribution is 0.421. The smallest absolute Gasteiger partial charge is 0.0431 e. The van der Waals surface area contributed by atoms with Crippen molar-refractivity contribution in [3.63, 3.8) is 0 Å². The van der Waals surface area contributed by atoms with Crippen molar-refractivity contribution in [2.45, 2.75) is 60.3 Å². The van der Waals surface area contributed by atoms with E-state index in [1.165, 1.54) is 16.7 Å². The van der Waals surface area contributed by atoms with Crippen molar-refractivity contribution >= 4 is 0 Å². The van der Waals surface area contributed by atoms with Crippen LogP contribution in [0.25, 0.3) is 0 Å². The second kappa shape index (κ2) is 11.7. The Bertz CT molecular complexity index is 510. The highest BCUT2D eigenvalue weighted by atomic mass is 14.4. The number of rotatable bonds is 5. The molecule has 0 heterocycles. The van der Waals surface area contributed by atoms with Gasteiger partial charge >= 0.3 is 0 Å². The average molecular weight is 325 g/mol. The maximum absolute atomic E-state index is 4.42. The molecule has 0 atom stereocenters. The maximum atomic E-state index is 4.42. The van der Waals surface area contributed by atoms with Gasteiger partial charge in [-0.2, -0.15) is 0 Å². The van der Waals surface area contributed by atoms with Crippen LogP contribution >= 0.6 is 0 Å². The number of hydrogen-bond donors (Lipinski definition) is 0. The van der Waals surface area contributed by atoms with Gasteiger partial charge in [0.15, 0.2) is 0 Å². The molecule has 132 valence electrons. The Labute approximate surface area is 150 Å². The van der Waals surface area contributed by atoms with Gasteiger partial charge in [-0.25, -0.2) is 0 Å². The molecule has 2 aromatic rings. The van der Waals surface area contributed by atoms with Crippen LogP contribution in [0.2, 0.25) is 0 Å². The maximum Gasteiger partial charge on any atom is 0.0431 e. The predicted molar refractivity (Wildman–Crippen MR) is 111 cm³/mol. The molecule has 0 spiro atoms. The summed E-state index contributed by atoms with van der Waals surface area (Å²) in [6.07, 6.45) is 0.988. The molecule has 0 fully saturated rings. The van der Waals surface area contributed by atoms with Gasteiger partial charge < -0.3 is 0 Å². The molecule has 0 bridgehead atoms. The van der Waals surface area contributed by atoms with E-state index in [-0.39, 0.29) is 5.41 Å². The molecule has 0 saturated carbocycles. The second-order valence-corrected chi connectivity index (χ2v) is 5.65. The molecule has 0 N–H and O–H groups in total. The lowest BCUT2D eigenvalue weighted by Crippen LogP contribution is -2.35. The Morgan fingerprint density at radius 2 is 1.12 bits per heavy atom. The van der Waals surface area contributed by atoms with Gasteiger partial charge in [0.1, 0.15) is 0 Å². The minimum Gasteiger partial charge on any atom is -0.0986 e. The first-order chi connectivity index (χ1) is 11.6. The fourth-order valence-corrected chi connectivity index (χ4v) is 3.33. The van der Waals surface area contributed by atoms with Crippen LogP contribution < -0.4 is 0 Å². The largest absolute Gasteiger partial charge is 0.0986 e. The highest BCUT2D eigenvalue weighted by Gasteiger charge is 2.39. The van der Waals surface area contributed by atoms with Gasteiger partial charge in [0, 0.05) is 5.41 Å². The summed E-state index contributed by atoms with van der Waals surface area (Å²) in [6.45, 7) is 19.2. The number of benzene rings is 2. The second-order valence-electron chi connectivity index (χ2n) is 5.65. The van der Waals surface area contributed by atoms with E-state index >= 15 is 0 Å². The van der Waals surface area contributed by atoms with E-state index in [9.17, 15) is 0 Å². The van der Waals surface area contributed by atoms with Crippen LogP contribution in [0, 0.1) is 5.92 Å². The molecule has 0 aromatic heterocycles. The van der Waals surface area contributed by atoms with Crippen molar-refractivity contribution in [2.24, 2.45) is 5.92 Å². The summed E-state index contributed by atoms with van der Waals surface area (Å²) in [6, 6.07) is 21.6. The fraction of sp³-hybridized carbons (Fsp3) is 0.417. The predicted octanol–water partition coefficient (Wildman–Crippen LogP) is 7.65. The number of allylic oxidation sites excluding steroid dienone is 1. The van der Waals surface area contributed by atoms with Crippen LogP contribution in [0.4, 0.5) is 0 Å². The van der Waals surface area contributed by atoms with Crippen molar-refractivity contribution in [2.75, 3.05) is 0 Å². The standard InChI is InChI=1S/C20H24.2C2H6/c1-5-17(4)20(16(2)3,18-12-8-6-9-13-18)19-14-10-7-11-15-19;2*1-2/h6-16H,4-5H2,1-3H3;2*1-2H3. The summed E-state index contributed by atoms with van der Waals surface area (Å²) in [5, 5.41) is 0. The lowest BCUT2D eigenvalue weighted by Gasteiger charge is -2.41. The van der Waals surface area contributed by atoms with E-state index in [2.05, 4.69) is 88.0 Å². The Hall–Kier alpha value is -1.82. The molecule has 0 nitrogen and oxygen atoms in total. The summed E-state index contributed by atoms with van der Waals surface area (Å²) in [7, 11) is 0. The summed E-state index contributed by atoms with van der Waals surface area (Å²) >= 11 is 0. The molecule has 0 saturated heterocycles. The van der Waals surface area contributed by atoms with Crippen molar-refractivity contribution in [3.05, 3.63) is 83.9 Å². The van der Waals surface area contributed by atoms with Crippen LogP contribution in [0.15, 0.2) is 72.8 Å². The fourth-order valence-electron chi connectivity index (χ4n) is 3.33. The third-order valence-electron chi connectivity index (χ3n) is 4.31. The van der Waals surface area contributed by atoms with Gasteiger partial charge in [0.05, 0.1) is 0 Å². The summed E-state index contributed by atoms with van der Waals surface area (Å²) in [4.78, 5) is 0. The average Bonchev–Trinajstić information content (AvgIpc) is 2.67. The Morgan fingerprint density at radius 3 is 1.38 bits per heavy atom. The molecule has 0 amide bonds. The minimum absolute atomic E-state index is 0.0999. The van der Waals surface area contributed by atoms with Crippen molar-refractivity contribution in [3.8, 4) is 0 Å². The molecule has 0 aliphatic rings. The van der Waals surface area contributed by atoms with Gasteiger partial charge in [-0.1, -0.05) is 121 Å². The lowest BCUT2D eigenvalue weighted by atomic mass is 9.62. The van der Waals surface area contributed by atoms with Gasteiger partial charge in [0.2, 0.25) is 0 Å². The van der Waals surface area contributed by atoms with Crippen LogP contribution in [0.1, 0.15) is 66.0 Å². The van der Waals surface area contributed by atoms with Gasteiger partial charge in [-0.05, 0) is 23.5 Å². The van der Waals surface area contributed by atoms with Crippen LogP contribution in [0.3, 0.4) is 0 Å². The van der Waals surface area contributed by atoms with Gasteiger partial charge in [-0.3, -0.25) is 0 Å². The first-order valence-corrected chi connectivity index (χ1v) is 9.43. The molecule has 2 aromatic carbocycles. The molecule has 0 unspecified atom stereocenters. The Kier molecular flexibility index (Phi) is 10.8. The molecule has 0 heteroatoms. The monoisotopic (exact) mass is 324 g/mol. The Morgan fingerprint density at radius 1 is 0.792 bits per heavy atom. The van der Waals surface area contributed by atoms with E-state index in [1.807, 2.05) is 27.7 Å². The first-order valence-electron chi connectivity index (χ1n) is 9.43. The van der Waals surface area contributed by atoms with E-state index in [0.717, 1.165) is 6.42 Å². The molecule has 0 radical (unpaired) electrons.